The molecule has 0 aliphatic rings. The molecule has 0 radical (unpaired) electrons. The van der Waals surface area contributed by atoms with Crippen LogP contribution in [0.2, 0.25) is 0 Å². The highest BCUT2D eigenvalue weighted by molar-refractivity contribution is 14.1. The van der Waals surface area contributed by atoms with Gasteiger partial charge >= 0.3 is 0 Å². The van der Waals surface area contributed by atoms with Gasteiger partial charge in [-0.3, -0.25) is 4.68 Å². The Balaban J connectivity index is 2.46. The lowest BCUT2D eigenvalue weighted by atomic mass is 10.3. The van der Waals surface area contributed by atoms with Crippen molar-refractivity contribution < 1.29 is 4.74 Å². The fourth-order valence-corrected chi connectivity index (χ4v) is 2.46. The average Bonchev–Trinajstić information content (AvgIpc) is 2.93. The first-order valence-electron chi connectivity index (χ1n) is 6.90. The summed E-state index contributed by atoms with van der Waals surface area (Å²) in [7, 11) is 1.67. The van der Waals surface area contributed by atoms with E-state index in [-0.39, 0.29) is 0 Å². The molecule has 2 rings (SSSR count). The molecule has 0 bridgehead atoms. The van der Waals surface area contributed by atoms with Crippen molar-refractivity contribution in [2.45, 2.75) is 33.4 Å². The van der Waals surface area contributed by atoms with E-state index >= 15 is 0 Å². The number of aromatic nitrogens is 4. The largest absolute Gasteiger partial charge is 0.378 e. The Morgan fingerprint density at radius 1 is 1.38 bits per heavy atom. The molecular formula is C14H20IN5O. The predicted molar refractivity (Wildman–Crippen MR) is 91.2 cm³/mol. The van der Waals surface area contributed by atoms with E-state index in [1.807, 2.05) is 17.8 Å². The van der Waals surface area contributed by atoms with Gasteiger partial charge in [-0.05, 0) is 43.4 Å². The van der Waals surface area contributed by atoms with Crippen molar-refractivity contribution in [2.75, 3.05) is 19.0 Å². The summed E-state index contributed by atoms with van der Waals surface area (Å²) in [5.41, 5.74) is 1.80. The Bertz CT molecular complexity index is 584. The van der Waals surface area contributed by atoms with Gasteiger partial charge in [0.15, 0.2) is 5.82 Å². The predicted octanol–water partition coefficient (Wildman–Crippen LogP) is 3.10. The minimum Gasteiger partial charge on any atom is -0.378 e. The fraction of sp³-hybridized carbons (Fsp3) is 0.500. The highest BCUT2D eigenvalue weighted by Gasteiger charge is 2.14. The van der Waals surface area contributed by atoms with Gasteiger partial charge in [0.05, 0.1) is 27.6 Å². The number of nitrogens with one attached hydrogen (secondary N) is 1. The van der Waals surface area contributed by atoms with E-state index in [1.165, 1.54) is 0 Å². The van der Waals surface area contributed by atoms with E-state index in [2.05, 4.69) is 56.8 Å². The summed E-state index contributed by atoms with van der Waals surface area (Å²) >= 11 is 2.25. The molecule has 0 unspecified atom stereocenters. The molecule has 2 heterocycles. The van der Waals surface area contributed by atoms with Gasteiger partial charge in [0, 0.05) is 25.9 Å². The average molecular weight is 401 g/mol. The Morgan fingerprint density at radius 3 is 2.71 bits per heavy atom. The summed E-state index contributed by atoms with van der Waals surface area (Å²) in [6, 6.07) is 0.314. The maximum absolute atomic E-state index is 5.23. The summed E-state index contributed by atoms with van der Waals surface area (Å²) in [4.78, 5) is 9.22. The van der Waals surface area contributed by atoms with E-state index in [4.69, 9.17) is 4.74 Å². The van der Waals surface area contributed by atoms with Crippen LogP contribution in [0.5, 0.6) is 0 Å². The van der Waals surface area contributed by atoms with Crippen LogP contribution < -0.4 is 5.32 Å². The molecule has 0 aliphatic carbocycles. The van der Waals surface area contributed by atoms with E-state index in [0.29, 0.717) is 18.5 Å². The van der Waals surface area contributed by atoms with Crippen LogP contribution in [0.1, 0.15) is 32.5 Å². The maximum Gasteiger partial charge on any atom is 0.165 e. The van der Waals surface area contributed by atoms with Crippen molar-refractivity contribution in [3.05, 3.63) is 21.7 Å². The van der Waals surface area contributed by atoms with Gasteiger partial charge in [0.25, 0.3) is 0 Å². The zero-order chi connectivity index (χ0) is 15.4. The molecule has 0 amide bonds. The van der Waals surface area contributed by atoms with E-state index in [0.717, 1.165) is 27.2 Å². The standard InChI is InChI=1S/C14H20IN5O/c1-5-16-14-12(15)11(8-21-4)18-13(19-14)10-6-17-20(7-10)9(2)3/h6-7,9H,5,8H2,1-4H3,(H,16,18,19). The minimum atomic E-state index is 0.314. The molecule has 0 aromatic carbocycles. The van der Waals surface area contributed by atoms with Crippen LogP contribution in [-0.2, 0) is 11.3 Å². The summed E-state index contributed by atoms with van der Waals surface area (Å²) < 4.78 is 8.13. The van der Waals surface area contributed by atoms with Gasteiger partial charge in [-0.15, -0.1) is 0 Å². The third-order valence-electron chi connectivity index (χ3n) is 2.93. The normalized spacial score (nSPS) is 11.1. The second-order valence-electron chi connectivity index (χ2n) is 4.92. The highest BCUT2D eigenvalue weighted by Crippen LogP contribution is 2.24. The van der Waals surface area contributed by atoms with Gasteiger partial charge in [-0.25, -0.2) is 9.97 Å². The minimum absolute atomic E-state index is 0.314. The van der Waals surface area contributed by atoms with E-state index in [9.17, 15) is 0 Å². The number of hydrogen-bond acceptors (Lipinski definition) is 5. The molecule has 7 heteroatoms. The molecule has 6 nitrogen and oxygen atoms in total. The van der Waals surface area contributed by atoms with E-state index in [1.54, 1.807) is 13.3 Å². The fourth-order valence-electron chi connectivity index (χ4n) is 1.88. The summed E-state index contributed by atoms with van der Waals surface area (Å²) in [6.07, 6.45) is 3.77. The molecule has 1 N–H and O–H groups in total. The molecule has 114 valence electrons. The second-order valence-corrected chi connectivity index (χ2v) is 6.00. The number of ether oxygens (including phenoxy) is 1. The van der Waals surface area contributed by atoms with Gasteiger partial charge in [-0.1, -0.05) is 0 Å². The Hall–Kier alpha value is -1.22. The smallest absolute Gasteiger partial charge is 0.165 e. The number of methoxy groups -OCH3 is 1. The van der Waals surface area contributed by atoms with Gasteiger partial charge in [0.2, 0.25) is 0 Å². The first kappa shape index (κ1) is 16.2. The quantitative estimate of drug-likeness (QED) is 0.754. The molecule has 0 saturated heterocycles. The molecule has 0 fully saturated rings. The highest BCUT2D eigenvalue weighted by atomic mass is 127. The number of anilines is 1. The molecular weight excluding hydrogens is 381 g/mol. The molecule has 0 aliphatic heterocycles. The first-order valence-corrected chi connectivity index (χ1v) is 7.98. The van der Waals surface area contributed by atoms with Crippen molar-refractivity contribution >= 4 is 28.4 Å². The molecule has 21 heavy (non-hydrogen) atoms. The number of halogens is 1. The van der Waals surface area contributed by atoms with Crippen molar-refractivity contribution in [2.24, 2.45) is 0 Å². The SMILES string of the molecule is CCNc1nc(-c2cnn(C(C)C)c2)nc(COC)c1I. The lowest BCUT2D eigenvalue weighted by Crippen LogP contribution is -2.08. The third kappa shape index (κ3) is 3.70. The van der Waals surface area contributed by atoms with Crippen molar-refractivity contribution in [3.63, 3.8) is 0 Å². The van der Waals surface area contributed by atoms with Gasteiger partial charge in [0.1, 0.15) is 5.82 Å². The van der Waals surface area contributed by atoms with Crippen molar-refractivity contribution in [1.82, 2.24) is 19.7 Å². The van der Waals surface area contributed by atoms with Crippen molar-refractivity contribution in [1.29, 1.82) is 0 Å². The molecule has 2 aromatic rings. The zero-order valence-electron chi connectivity index (χ0n) is 12.7. The molecule has 0 atom stereocenters. The topological polar surface area (TPSA) is 64.9 Å². The van der Waals surface area contributed by atoms with Crippen LogP contribution in [0, 0.1) is 3.57 Å². The second kappa shape index (κ2) is 7.17. The van der Waals surface area contributed by atoms with E-state index < -0.39 is 0 Å². The molecule has 0 saturated carbocycles. The van der Waals surface area contributed by atoms with Gasteiger partial charge in [-0.2, -0.15) is 5.10 Å². The Kier molecular flexibility index (Phi) is 5.51. The van der Waals surface area contributed by atoms with Crippen LogP contribution in [0.4, 0.5) is 5.82 Å². The Labute approximate surface area is 138 Å². The van der Waals surface area contributed by atoms with Crippen LogP contribution in [0.15, 0.2) is 12.4 Å². The summed E-state index contributed by atoms with van der Waals surface area (Å²) in [5, 5.41) is 7.62. The van der Waals surface area contributed by atoms with Crippen LogP contribution in [0.25, 0.3) is 11.4 Å². The monoisotopic (exact) mass is 401 g/mol. The number of nitrogens with zero attached hydrogens (tertiary/aromatic N) is 4. The van der Waals surface area contributed by atoms with Crippen molar-refractivity contribution in [3.8, 4) is 11.4 Å². The first-order chi connectivity index (χ1) is 10.1. The molecule has 2 aromatic heterocycles. The third-order valence-corrected chi connectivity index (χ3v) is 4.07. The number of rotatable bonds is 6. The summed E-state index contributed by atoms with van der Waals surface area (Å²) in [6.45, 7) is 7.50. The lowest BCUT2D eigenvalue weighted by Gasteiger charge is -2.11. The van der Waals surface area contributed by atoms with Gasteiger partial charge < -0.3 is 10.1 Å². The Morgan fingerprint density at radius 2 is 2.14 bits per heavy atom. The van der Waals surface area contributed by atoms with Crippen LogP contribution in [0.3, 0.4) is 0 Å². The zero-order valence-corrected chi connectivity index (χ0v) is 14.9. The van der Waals surface area contributed by atoms with Crippen LogP contribution in [-0.4, -0.2) is 33.4 Å². The van der Waals surface area contributed by atoms with Crippen LogP contribution >= 0.6 is 22.6 Å². The molecule has 0 spiro atoms. The maximum atomic E-state index is 5.23. The number of hydrogen-bond donors (Lipinski definition) is 1. The summed E-state index contributed by atoms with van der Waals surface area (Å²) in [5.74, 6) is 1.51. The lowest BCUT2D eigenvalue weighted by molar-refractivity contribution is 0.181.